The molecule has 1 aromatic rings. The Bertz CT molecular complexity index is 445. The summed E-state index contributed by atoms with van der Waals surface area (Å²) in [6.45, 7) is 3.90. The van der Waals surface area contributed by atoms with E-state index in [9.17, 15) is 9.59 Å². The molecule has 1 heterocycles. The van der Waals surface area contributed by atoms with Crippen molar-refractivity contribution in [1.82, 2.24) is 0 Å². The van der Waals surface area contributed by atoms with E-state index in [1.54, 1.807) is 0 Å². The zero-order chi connectivity index (χ0) is 12.6. The molecule has 0 aliphatic carbocycles. The van der Waals surface area contributed by atoms with Gasteiger partial charge in [0, 0.05) is 16.4 Å². The molecule has 0 atom stereocenters. The van der Waals surface area contributed by atoms with Crippen LogP contribution in [0.1, 0.15) is 26.7 Å². The molecule has 4 heteroatoms. The van der Waals surface area contributed by atoms with E-state index in [-0.39, 0.29) is 17.2 Å². The van der Waals surface area contributed by atoms with Crippen molar-refractivity contribution in [2.75, 3.05) is 4.90 Å². The maximum absolute atomic E-state index is 12.0. The average Bonchev–Trinajstić information content (AvgIpc) is 2.18. The molecule has 0 spiro atoms. The van der Waals surface area contributed by atoms with E-state index >= 15 is 0 Å². The lowest BCUT2D eigenvalue weighted by Gasteiger charge is -2.34. The van der Waals surface area contributed by atoms with Gasteiger partial charge in [0.1, 0.15) is 0 Å². The molecule has 1 aliphatic rings. The molecule has 0 saturated carbocycles. The first kappa shape index (κ1) is 12.5. The van der Waals surface area contributed by atoms with Crippen LogP contribution in [-0.2, 0) is 9.59 Å². The highest BCUT2D eigenvalue weighted by Gasteiger charge is 2.37. The van der Waals surface area contributed by atoms with Crippen molar-refractivity contribution in [3.8, 4) is 0 Å². The first-order valence-corrected chi connectivity index (χ1v) is 6.58. The first-order chi connectivity index (χ1) is 7.89. The number of rotatable bonds is 1. The van der Waals surface area contributed by atoms with Crippen LogP contribution in [0.3, 0.4) is 0 Å². The van der Waals surface area contributed by atoms with E-state index in [2.05, 4.69) is 22.6 Å². The molecular formula is C13H14INO2. The molecule has 90 valence electrons. The molecule has 0 N–H and O–H groups in total. The highest BCUT2D eigenvalue weighted by molar-refractivity contribution is 14.1. The fourth-order valence-corrected chi connectivity index (χ4v) is 2.42. The van der Waals surface area contributed by atoms with Gasteiger partial charge in [0.15, 0.2) is 0 Å². The number of piperidine rings is 1. The number of halogens is 1. The second-order valence-corrected chi connectivity index (χ2v) is 6.36. The number of nitrogens with zero attached hydrogens (tertiary/aromatic N) is 1. The van der Waals surface area contributed by atoms with Gasteiger partial charge in [-0.3, -0.25) is 14.5 Å². The molecular weight excluding hydrogens is 329 g/mol. The van der Waals surface area contributed by atoms with Crippen LogP contribution in [0.15, 0.2) is 24.3 Å². The summed E-state index contributed by atoms with van der Waals surface area (Å²) in [5.41, 5.74) is 0.462. The number of anilines is 1. The molecule has 1 aliphatic heterocycles. The van der Waals surface area contributed by atoms with E-state index in [1.807, 2.05) is 38.1 Å². The highest BCUT2D eigenvalue weighted by atomic mass is 127. The Morgan fingerprint density at radius 1 is 1.06 bits per heavy atom. The Morgan fingerprint density at radius 3 is 2.00 bits per heavy atom. The lowest BCUT2D eigenvalue weighted by molar-refractivity contribution is -0.132. The van der Waals surface area contributed by atoms with Gasteiger partial charge in [0.05, 0.1) is 5.69 Å². The van der Waals surface area contributed by atoms with Crippen molar-refractivity contribution >= 4 is 40.1 Å². The Hall–Kier alpha value is -0.910. The number of amides is 2. The van der Waals surface area contributed by atoms with Crippen molar-refractivity contribution in [3.05, 3.63) is 27.8 Å². The molecule has 3 nitrogen and oxygen atoms in total. The van der Waals surface area contributed by atoms with Gasteiger partial charge < -0.3 is 0 Å². The smallest absolute Gasteiger partial charge is 0.234 e. The van der Waals surface area contributed by atoms with E-state index in [4.69, 9.17) is 0 Å². The van der Waals surface area contributed by atoms with Crippen molar-refractivity contribution in [1.29, 1.82) is 0 Å². The van der Waals surface area contributed by atoms with Gasteiger partial charge in [-0.15, -0.1) is 0 Å². The maximum atomic E-state index is 12.0. The monoisotopic (exact) mass is 343 g/mol. The molecule has 2 amide bonds. The second-order valence-electron chi connectivity index (χ2n) is 5.12. The first-order valence-electron chi connectivity index (χ1n) is 5.50. The zero-order valence-electron chi connectivity index (χ0n) is 9.87. The Morgan fingerprint density at radius 2 is 1.53 bits per heavy atom. The number of carbonyl (C=O) groups excluding carboxylic acids is 2. The lowest BCUT2D eigenvalue weighted by Crippen LogP contribution is -2.46. The van der Waals surface area contributed by atoms with Crippen molar-refractivity contribution in [3.63, 3.8) is 0 Å². The maximum Gasteiger partial charge on any atom is 0.234 e. The van der Waals surface area contributed by atoms with Gasteiger partial charge in [-0.2, -0.15) is 0 Å². The standard InChI is InChI=1S/C13H14INO2/c1-13(2)7-11(16)15(12(17)8-13)10-5-3-9(14)4-6-10/h3-6H,7-8H2,1-2H3. The van der Waals surface area contributed by atoms with Crippen LogP contribution in [0.4, 0.5) is 5.69 Å². The quantitative estimate of drug-likeness (QED) is 0.581. The van der Waals surface area contributed by atoms with Gasteiger partial charge >= 0.3 is 0 Å². The summed E-state index contributed by atoms with van der Waals surface area (Å²) in [5, 5.41) is 0. The molecule has 0 aromatic heterocycles. The summed E-state index contributed by atoms with van der Waals surface area (Å²) in [6, 6.07) is 7.43. The molecule has 1 aromatic carbocycles. The SMILES string of the molecule is CC1(C)CC(=O)N(c2ccc(I)cc2)C(=O)C1. The number of benzene rings is 1. The lowest BCUT2D eigenvalue weighted by atomic mass is 9.81. The third-order valence-corrected chi connectivity index (χ3v) is 3.56. The topological polar surface area (TPSA) is 37.4 Å². The van der Waals surface area contributed by atoms with Crippen molar-refractivity contribution < 1.29 is 9.59 Å². The summed E-state index contributed by atoms with van der Waals surface area (Å²) in [7, 11) is 0. The van der Waals surface area contributed by atoms with E-state index in [0.717, 1.165) is 3.57 Å². The fourth-order valence-electron chi connectivity index (χ4n) is 2.06. The molecule has 1 saturated heterocycles. The largest absolute Gasteiger partial charge is 0.274 e. The summed E-state index contributed by atoms with van der Waals surface area (Å²) in [6.07, 6.45) is 0.843. The summed E-state index contributed by atoms with van der Waals surface area (Å²) in [4.78, 5) is 25.3. The fraction of sp³-hybridized carbons (Fsp3) is 0.385. The van der Waals surface area contributed by atoms with E-state index < -0.39 is 0 Å². The summed E-state index contributed by atoms with van der Waals surface area (Å²) in [5.74, 6) is -0.208. The summed E-state index contributed by atoms with van der Waals surface area (Å²) >= 11 is 2.19. The molecule has 0 radical (unpaired) electrons. The second kappa shape index (κ2) is 4.40. The van der Waals surface area contributed by atoms with Gasteiger partial charge in [-0.25, -0.2) is 0 Å². The Labute approximate surface area is 114 Å². The van der Waals surface area contributed by atoms with Crippen LogP contribution in [-0.4, -0.2) is 11.8 Å². The zero-order valence-corrected chi connectivity index (χ0v) is 12.0. The van der Waals surface area contributed by atoms with Crippen LogP contribution in [0.2, 0.25) is 0 Å². The van der Waals surface area contributed by atoms with Crippen LogP contribution in [0, 0.1) is 8.99 Å². The third kappa shape index (κ3) is 2.68. The molecule has 1 fully saturated rings. The minimum absolute atomic E-state index is 0.104. The summed E-state index contributed by atoms with van der Waals surface area (Å²) < 4.78 is 1.09. The number of carbonyl (C=O) groups is 2. The predicted molar refractivity (Wildman–Crippen MR) is 74.7 cm³/mol. The number of hydrogen-bond acceptors (Lipinski definition) is 2. The minimum Gasteiger partial charge on any atom is -0.274 e. The Kier molecular flexibility index (Phi) is 3.25. The van der Waals surface area contributed by atoms with Gasteiger partial charge in [0.25, 0.3) is 0 Å². The van der Waals surface area contributed by atoms with Gasteiger partial charge in [-0.1, -0.05) is 13.8 Å². The van der Waals surface area contributed by atoms with Gasteiger partial charge in [0.2, 0.25) is 11.8 Å². The molecule has 2 rings (SSSR count). The van der Waals surface area contributed by atoms with E-state index in [1.165, 1.54) is 4.90 Å². The average molecular weight is 343 g/mol. The van der Waals surface area contributed by atoms with Crippen LogP contribution in [0.5, 0.6) is 0 Å². The Balaban J connectivity index is 2.30. The van der Waals surface area contributed by atoms with Crippen LogP contribution >= 0.6 is 22.6 Å². The van der Waals surface area contributed by atoms with Crippen molar-refractivity contribution in [2.24, 2.45) is 5.41 Å². The van der Waals surface area contributed by atoms with E-state index in [0.29, 0.717) is 18.5 Å². The predicted octanol–water partition coefficient (Wildman–Crippen LogP) is 2.97. The normalized spacial score (nSPS) is 19.6. The van der Waals surface area contributed by atoms with Crippen molar-refractivity contribution in [2.45, 2.75) is 26.7 Å². The minimum atomic E-state index is -0.214. The number of hydrogen-bond donors (Lipinski definition) is 0. The number of imide groups is 1. The highest BCUT2D eigenvalue weighted by Crippen LogP contribution is 2.33. The molecule has 0 unspecified atom stereocenters. The van der Waals surface area contributed by atoms with Crippen LogP contribution in [0.25, 0.3) is 0 Å². The van der Waals surface area contributed by atoms with Gasteiger partial charge in [-0.05, 0) is 52.3 Å². The third-order valence-electron chi connectivity index (χ3n) is 2.84. The molecule has 0 bridgehead atoms. The molecule has 17 heavy (non-hydrogen) atoms. The van der Waals surface area contributed by atoms with Crippen LogP contribution < -0.4 is 4.90 Å².